The Morgan fingerprint density at radius 1 is 1.19 bits per heavy atom. The molecule has 2 heterocycles. The molecule has 2 amide bonds. The molecule has 12 heteroatoms. The van der Waals surface area contributed by atoms with E-state index in [0.717, 1.165) is 12.1 Å². The van der Waals surface area contributed by atoms with Gasteiger partial charge in [-0.1, -0.05) is 6.07 Å². The molecule has 1 aliphatic heterocycles. The fraction of sp³-hybridized carbons (Fsp3) is 0.400. The van der Waals surface area contributed by atoms with Crippen LogP contribution < -0.4 is 10.6 Å². The average Bonchev–Trinajstić information content (AvgIpc) is 3.30. The number of alkyl halides is 3. The topological polar surface area (TPSA) is 105 Å². The van der Waals surface area contributed by atoms with Crippen LogP contribution in [-0.4, -0.2) is 47.8 Å². The molecule has 0 aliphatic carbocycles. The van der Waals surface area contributed by atoms with Crippen LogP contribution in [0.3, 0.4) is 0 Å². The van der Waals surface area contributed by atoms with Crippen molar-refractivity contribution in [3.63, 3.8) is 0 Å². The standard InChI is InChI=1S/C20H21F3N4O4S/c21-20(22,23)14-3-4-15(16(12-14)27(30)31)24-7-8-25-18(28)13-5-9-26(10-6-13)19(29)17-2-1-11-32-17/h1-4,11-13,24H,5-10H2,(H,25,28). The summed E-state index contributed by atoms with van der Waals surface area (Å²) in [5.74, 6) is -0.471. The highest BCUT2D eigenvalue weighted by Crippen LogP contribution is 2.34. The summed E-state index contributed by atoms with van der Waals surface area (Å²) < 4.78 is 38.3. The molecule has 1 aromatic carbocycles. The van der Waals surface area contributed by atoms with Gasteiger partial charge < -0.3 is 15.5 Å². The molecule has 0 saturated carbocycles. The van der Waals surface area contributed by atoms with Gasteiger partial charge in [0.05, 0.1) is 15.4 Å². The van der Waals surface area contributed by atoms with Crippen LogP contribution in [0.1, 0.15) is 28.1 Å². The zero-order valence-corrected chi connectivity index (χ0v) is 17.7. The first-order valence-electron chi connectivity index (χ1n) is 9.87. The number of rotatable bonds is 7. The normalized spacial score (nSPS) is 14.8. The monoisotopic (exact) mass is 470 g/mol. The fourth-order valence-electron chi connectivity index (χ4n) is 3.44. The Morgan fingerprint density at radius 3 is 2.50 bits per heavy atom. The van der Waals surface area contributed by atoms with E-state index in [2.05, 4.69) is 10.6 Å². The number of hydrogen-bond acceptors (Lipinski definition) is 6. The molecule has 1 fully saturated rings. The van der Waals surface area contributed by atoms with Crippen LogP contribution in [0.15, 0.2) is 35.7 Å². The number of halogens is 3. The maximum Gasteiger partial charge on any atom is 0.416 e. The van der Waals surface area contributed by atoms with Crippen molar-refractivity contribution >= 4 is 34.5 Å². The van der Waals surface area contributed by atoms with Gasteiger partial charge in [0.25, 0.3) is 11.6 Å². The van der Waals surface area contributed by atoms with Gasteiger partial charge >= 0.3 is 6.18 Å². The Bertz CT molecular complexity index is 974. The Balaban J connectivity index is 1.45. The number of benzene rings is 1. The van der Waals surface area contributed by atoms with Crippen molar-refractivity contribution in [1.29, 1.82) is 0 Å². The summed E-state index contributed by atoms with van der Waals surface area (Å²) in [5, 5.41) is 18.4. The van der Waals surface area contributed by atoms with Crippen molar-refractivity contribution in [1.82, 2.24) is 10.2 Å². The van der Waals surface area contributed by atoms with Crippen molar-refractivity contribution in [2.45, 2.75) is 19.0 Å². The average molecular weight is 470 g/mol. The van der Waals surface area contributed by atoms with Gasteiger partial charge in [-0.15, -0.1) is 11.3 Å². The van der Waals surface area contributed by atoms with E-state index in [4.69, 9.17) is 0 Å². The van der Waals surface area contributed by atoms with E-state index in [0.29, 0.717) is 36.9 Å². The first-order chi connectivity index (χ1) is 15.2. The summed E-state index contributed by atoms with van der Waals surface area (Å²) >= 11 is 1.37. The Hall–Kier alpha value is -3.15. The number of nitrogens with one attached hydrogen (secondary N) is 2. The molecule has 32 heavy (non-hydrogen) atoms. The van der Waals surface area contributed by atoms with Crippen LogP contribution in [0.4, 0.5) is 24.5 Å². The summed E-state index contributed by atoms with van der Waals surface area (Å²) in [6.45, 7) is 1.20. The van der Waals surface area contributed by atoms with E-state index in [9.17, 15) is 32.9 Å². The highest BCUT2D eigenvalue weighted by molar-refractivity contribution is 7.12. The third kappa shape index (κ3) is 5.75. The Labute approximate surface area is 185 Å². The second-order valence-electron chi connectivity index (χ2n) is 7.25. The smallest absolute Gasteiger partial charge is 0.378 e. The zero-order chi connectivity index (χ0) is 23.3. The van der Waals surface area contributed by atoms with Crippen molar-refractivity contribution in [3.8, 4) is 0 Å². The van der Waals surface area contributed by atoms with Gasteiger partial charge in [0, 0.05) is 38.2 Å². The Kier molecular flexibility index (Phi) is 7.33. The van der Waals surface area contributed by atoms with Crippen molar-refractivity contribution in [2.75, 3.05) is 31.5 Å². The summed E-state index contributed by atoms with van der Waals surface area (Å²) in [6.07, 6.45) is -3.62. The summed E-state index contributed by atoms with van der Waals surface area (Å²) in [7, 11) is 0. The van der Waals surface area contributed by atoms with Crippen molar-refractivity contribution in [2.24, 2.45) is 5.92 Å². The van der Waals surface area contributed by atoms with E-state index in [-0.39, 0.29) is 36.5 Å². The number of carbonyl (C=O) groups is 2. The lowest BCUT2D eigenvalue weighted by atomic mass is 9.96. The van der Waals surface area contributed by atoms with Crippen LogP contribution in [0.5, 0.6) is 0 Å². The first kappa shape index (κ1) is 23.5. The van der Waals surface area contributed by atoms with Gasteiger partial charge in [-0.2, -0.15) is 13.2 Å². The number of carbonyl (C=O) groups excluding carboxylic acids is 2. The minimum absolute atomic E-state index is 0.0406. The molecular formula is C20H21F3N4O4S. The number of nitro benzene ring substituents is 1. The zero-order valence-electron chi connectivity index (χ0n) is 16.9. The molecule has 0 radical (unpaired) electrons. The van der Waals surface area contributed by atoms with E-state index in [1.807, 2.05) is 11.4 Å². The molecule has 2 N–H and O–H groups in total. The molecule has 2 aromatic rings. The predicted octanol–water partition coefficient (Wildman–Crippen LogP) is 3.76. The number of hydrogen-bond donors (Lipinski definition) is 2. The first-order valence-corrected chi connectivity index (χ1v) is 10.7. The predicted molar refractivity (Wildman–Crippen MR) is 113 cm³/mol. The molecule has 172 valence electrons. The number of nitro groups is 1. The maximum atomic E-state index is 12.8. The summed E-state index contributed by atoms with van der Waals surface area (Å²) in [5.41, 5.74) is -1.85. The number of likely N-dealkylation sites (tertiary alicyclic amines) is 1. The minimum Gasteiger partial charge on any atom is -0.378 e. The summed E-state index contributed by atoms with van der Waals surface area (Å²) in [6, 6.07) is 5.82. The van der Waals surface area contributed by atoms with Crippen LogP contribution in [-0.2, 0) is 11.0 Å². The molecule has 3 rings (SSSR count). The fourth-order valence-corrected chi connectivity index (χ4v) is 4.13. The second-order valence-corrected chi connectivity index (χ2v) is 8.20. The molecule has 0 atom stereocenters. The lowest BCUT2D eigenvalue weighted by molar-refractivity contribution is -0.384. The molecule has 1 aromatic heterocycles. The largest absolute Gasteiger partial charge is 0.416 e. The van der Waals surface area contributed by atoms with Gasteiger partial charge in [0.1, 0.15) is 5.69 Å². The third-order valence-corrected chi connectivity index (χ3v) is 6.00. The number of piperidine rings is 1. The molecule has 0 bridgehead atoms. The van der Waals surface area contributed by atoms with E-state index in [1.165, 1.54) is 11.3 Å². The van der Waals surface area contributed by atoms with E-state index < -0.39 is 22.4 Å². The molecule has 0 unspecified atom stereocenters. The molecule has 0 spiro atoms. The summed E-state index contributed by atoms with van der Waals surface area (Å²) in [4.78, 5) is 37.3. The van der Waals surface area contributed by atoms with Gasteiger partial charge in [-0.25, -0.2) is 0 Å². The lowest BCUT2D eigenvalue weighted by Gasteiger charge is -2.31. The van der Waals surface area contributed by atoms with Crippen LogP contribution in [0.2, 0.25) is 0 Å². The third-order valence-electron chi connectivity index (χ3n) is 5.15. The number of nitrogens with zero attached hydrogens (tertiary/aromatic N) is 2. The van der Waals surface area contributed by atoms with Gasteiger partial charge in [0.2, 0.25) is 5.91 Å². The molecule has 1 aliphatic rings. The molecular weight excluding hydrogens is 449 g/mol. The quantitative estimate of drug-likeness (QED) is 0.364. The van der Waals surface area contributed by atoms with Gasteiger partial charge in [-0.05, 0) is 36.4 Å². The van der Waals surface area contributed by atoms with Gasteiger partial charge in [0.15, 0.2) is 0 Å². The van der Waals surface area contributed by atoms with Gasteiger partial charge in [-0.3, -0.25) is 19.7 Å². The second kappa shape index (κ2) is 9.98. The van der Waals surface area contributed by atoms with E-state index in [1.54, 1.807) is 11.0 Å². The SMILES string of the molecule is O=C(NCCNc1ccc(C(F)(F)F)cc1[N+](=O)[O-])C1CCN(C(=O)c2cccs2)CC1. The molecule has 1 saturated heterocycles. The maximum absolute atomic E-state index is 12.8. The number of amides is 2. The lowest BCUT2D eigenvalue weighted by Crippen LogP contribution is -2.43. The van der Waals surface area contributed by atoms with Crippen LogP contribution in [0, 0.1) is 16.0 Å². The Morgan fingerprint density at radius 2 is 1.91 bits per heavy atom. The van der Waals surface area contributed by atoms with Crippen molar-refractivity contribution in [3.05, 3.63) is 56.3 Å². The number of thiophene rings is 1. The van der Waals surface area contributed by atoms with E-state index >= 15 is 0 Å². The van der Waals surface area contributed by atoms with Crippen LogP contribution >= 0.6 is 11.3 Å². The molecule has 8 nitrogen and oxygen atoms in total. The highest BCUT2D eigenvalue weighted by Gasteiger charge is 2.33. The number of anilines is 1. The minimum atomic E-state index is -4.68. The highest BCUT2D eigenvalue weighted by atomic mass is 32.1. The van der Waals surface area contributed by atoms with Crippen molar-refractivity contribution < 1.29 is 27.7 Å². The van der Waals surface area contributed by atoms with Crippen LogP contribution in [0.25, 0.3) is 0 Å².